The van der Waals surface area contributed by atoms with Gasteiger partial charge >= 0.3 is 0 Å². The molecule has 2 N–H and O–H groups in total. The Bertz CT molecular complexity index is 1080. The number of hydrogen-bond donors (Lipinski definition) is 2. The first-order valence-corrected chi connectivity index (χ1v) is 9.97. The summed E-state index contributed by atoms with van der Waals surface area (Å²) in [4.78, 5) is 12.8. The Morgan fingerprint density at radius 3 is 2.48 bits per heavy atom. The van der Waals surface area contributed by atoms with Crippen molar-refractivity contribution in [2.75, 3.05) is 12.4 Å². The SMILES string of the molecule is COc1cc(C(=O)Nc2cc(C(C)(C)C)ccc2O)ccc1OCc1c(C)noc1C. The fourth-order valence-electron chi connectivity index (χ4n) is 3.08. The number of hydrogen-bond acceptors (Lipinski definition) is 6. The molecular formula is C24H28N2O5. The lowest BCUT2D eigenvalue weighted by atomic mass is 9.87. The van der Waals surface area contributed by atoms with Gasteiger partial charge in [0, 0.05) is 5.56 Å². The second kappa shape index (κ2) is 8.71. The van der Waals surface area contributed by atoms with Crippen LogP contribution in [0.25, 0.3) is 0 Å². The Labute approximate surface area is 182 Å². The Morgan fingerprint density at radius 2 is 1.87 bits per heavy atom. The number of aromatic hydroxyl groups is 1. The van der Waals surface area contributed by atoms with Gasteiger partial charge in [0.1, 0.15) is 18.1 Å². The summed E-state index contributed by atoms with van der Waals surface area (Å²) < 4.78 is 16.4. The van der Waals surface area contributed by atoms with Crippen molar-refractivity contribution in [3.63, 3.8) is 0 Å². The van der Waals surface area contributed by atoms with Crippen molar-refractivity contribution in [2.45, 2.75) is 46.6 Å². The number of phenolic OH excluding ortho intramolecular Hbond substituents is 1. The summed E-state index contributed by atoms with van der Waals surface area (Å²) in [7, 11) is 1.51. The molecule has 0 saturated carbocycles. The zero-order valence-electron chi connectivity index (χ0n) is 18.7. The fourth-order valence-corrected chi connectivity index (χ4v) is 3.08. The minimum Gasteiger partial charge on any atom is -0.506 e. The minimum absolute atomic E-state index is 0.00716. The van der Waals surface area contributed by atoms with Gasteiger partial charge in [0.2, 0.25) is 0 Å². The number of carbonyl (C=O) groups is 1. The molecule has 3 aromatic rings. The predicted octanol–water partition coefficient (Wildman–Crippen LogP) is 5.13. The molecule has 7 nitrogen and oxygen atoms in total. The van der Waals surface area contributed by atoms with E-state index in [0.717, 1.165) is 16.8 Å². The first kappa shape index (κ1) is 22.2. The third kappa shape index (κ3) is 4.99. The molecule has 0 aliphatic carbocycles. The number of anilines is 1. The molecule has 0 atom stereocenters. The molecule has 1 aromatic heterocycles. The maximum Gasteiger partial charge on any atom is 0.255 e. The number of ether oxygens (including phenoxy) is 2. The lowest BCUT2D eigenvalue weighted by Crippen LogP contribution is -2.15. The third-order valence-corrected chi connectivity index (χ3v) is 5.09. The highest BCUT2D eigenvalue weighted by Crippen LogP contribution is 2.33. The van der Waals surface area contributed by atoms with E-state index in [2.05, 4.69) is 31.2 Å². The smallest absolute Gasteiger partial charge is 0.255 e. The Morgan fingerprint density at radius 1 is 1.13 bits per heavy atom. The number of rotatable bonds is 6. The molecule has 2 aromatic carbocycles. The highest BCUT2D eigenvalue weighted by Gasteiger charge is 2.18. The summed E-state index contributed by atoms with van der Waals surface area (Å²) in [6.07, 6.45) is 0. The highest BCUT2D eigenvalue weighted by atomic mass is 16.5. The van der Waals surface area contributed by atoms with Crippen LogP contribution in [0.15, 0.2) is 40.9 Å². The van der Waals surface area contributed by atoms with Crippen molar-refractivity contribution in [2.24, 2.45) is 0 Å². The lowest BCUT2D eigenvalue weighted by Gasteiger charge is -2.20. The molecule has 0 aliphatic heterocycles. The van der Waals surface area contributed by atoms with E-state index in [4.69, 9.17) is 14.0 Å². The largest absolute Gasteiger partial charge is 0.506 e. The van der Waals surface area contributed by atoms with Gasteiger partial charge in [0.25, 0.3) is 5.91 Å². The summed E-state index contributed by atoms with van der Waals surface area (Å²) in [5.74, 6) is 1.26. The van der Waals surface area contributed by atoms with Crippen molar-refractivity contribution in [1.82, 2.24) is 5.16 Å². The number of amides is 1. The Hall–Kier alpha value is -3.48. The molecule has 1 amide bonds. The van der Waals surface area contributed by atoms with E-state index in [-0.39, 0.29) is 23.7 Å². The average molecular weight is 424 g/mol. The number of nitrogens with zero attached hydrogens (tertiary/aromatic N) is 1. The first-order valence-electron chi connectivity index (χ1n) is 9.97. The molecule has 0 radical (unpaired) electrons. The van der Waals surface area contributed by atoms with E-state index in [1.54, 1.807) is 30.3 Å². The molecule has 3 rings (SSSR count). The minimum atomic E-state index is -0.364. The summed E-state index contributed by atoms with van der Waals surface area (Å²) >= 11 is 0. The first-order chi connectivity index (χ1) is 14.6. The number of benzene rings is 2. The van der Waals surface area contributed by atoms with Gasteiger partial charge in [-0.05, 0) is 55.2 Å². The van der Waals surface area contributed by atoms with Crippen molar-refractivity contribution >= 4 is 11.6 Å². The van der Waals surface area contributed by atoms with Crippen LogP contribution in [0.2, 0.25) is 0 Å². The molecule has 0 saturated heterocycles. The Balaban J connectivity index is 1.78. The number of aromatic nitrogens is 1. The van der Waals surface area contributed by atoms with Gasteiger partial charge in [-0.25, -0.2) is 0 Å². The van der Waals surface area contributed by atoms with Crippen LogP contribution in [-0.4, -0.2) is 23.3 Å². The maximum atomic E-state index is 12.8. The van der Waals surface area contributed by atoms with E-state index in [0.29, 0.717) is 28.5 Å². The summed E-state index contributed by atoms with van der Waals surface area (Å²) in [6, 6.07) is 10.1. The van der Waals surface area contributed by atoms with Gasteiger partial charge in [-0.15, -0.1) is 0 Å². The Kier molecular flexibility index (Phi) is 6.24. The van der Waals surface area contributed by atoms with E-state index < -0.39 is 0 Å². The number of aryl methyl sites for hydroxylation is 2. The van der Waals surface area contributed by atoms with E-state index in [1.807, 2.05) is 19.9 Å². The van der Waals surface area contributed by atoms with Crippen LogP contribution in [-0.2, 0) is 12.0 Å². The third-order valence-electron chi connectivity index (χ3n) is 5.09. The summed E-state index contributed by atoms with van der Waals surface area (Å²) in [5, 5.41) is 16.9. The summed E-state index contributed by atoms with van der Waals surface area (Å²) in [6.45, 7) is 10.2. The van der Waals surface area contributed by atoms with E-state index in [1.165, 1.54) is 7.11 Å². The second-order valence-electron chi connectivity index (χ2n) is 8.39. The highest BCUT2D eigenvalue weighted by molar-refractivity contribution is 6.05. The van der Waals surface area contributed by atoms with Crippen LogP contribution in [0.3, 0.4) is 0 Å². The van der Waals surface area contributed by atoms with Crippen molar-refractivity contribution in [3.8, 4) is 17.2 Å². The number of nitrogens with one attached hydrogen (secondary N) is 1. The van der Waals surface area contributed by atoms with E-state index >= 15 is 0 Å². The second-order valence-corrected chi connectivity index (χ2v) is 8.39. The molecule has 164 valence electrons. The number of phenols is 1. The fraction of sp³-hybridized carbons (Fsp3) is 0.333. The summed E-state index contributed by atoms with van der Waals surface area (Å²) in [5.41, 5.74) is 3.26. The zero-order valence-corrected chi connectivity index (χ0v) is 18.7. The van der Waals surface area contributed by atoms with Gasteiger partial charge in [-0.2, -0.15) is 0 Å². The molecule has 0 aliphatic rings. The zero-order chi connectivity index (χ0) is 22.8. The van der Waals surface area contributed by atoms with Crippen molar-refractivity contribution in [1.29, 1.82) is 0 Å². The van der Waals surface area contributed by atoms with Crippen LogP contribution in [0.1, 0.15) is 53.7 Å². The van der Waals surface area contributed by atoms with Gasteiger partial charge in [0.05, 0.1) is 24.1 Å². The molecule has 0 unspecified atom stereocenters. The van der Waals surface area contributed by atoms with Crippen molar-refractivity contribution < 1.29 is 23.9 Å². The van der Waals surface area contributed by atoms with E-state index in [9.17, 15) is 9.90 Å². The molecule has 1 heterocycles. The normalized spacial score (nSPS) is 11.3. The topological polar surface area (TPSA) is 93.8 Å². The molecule has 0 fully saturated rings. The molecule has 31 heavy (non-hydrogen) atoms. The molecule has 0 spiro atoms. The van der Waals surface area contributed by atoms with Gasteiger partial charge in [-0.1, -0.05) is 32.0 Å². The monoisotopic (exact) mass is 424 g/mol. The van der Waals surface area contributed by atoms with Crippen LogP contribution >= 0.6 is 0 Å². The van der Waals surface area contributed by atoms with Crippen molar-refractivity contribution in [3.05, 3.63) is 64.5 Å². The predicted molar refractivity (Wildman–Crippen MR) is 118 cm³/mol. The molecule has 7 heteroatoms. The quantitative estimate of drug-likeness (QED) is 0.533. The van der Waals surface area contributed by atoms with Gasteiger partial charge in [0.15, 0.2) is 11.5 Å². The average Bonchev–Trinajstić information content (AvgIpc) is 3.04. The molecule has 0 bridgehead atoms. The molecular weight excluding hydrogens is 396 g/mol. The van der Waals surface area contributed by atoms with Gasteiger partial charge in [-0.3, -0.25) is 4.79 Å². The maximum absolute atomic E-state index is 12.8. The van der Waals surface area contributed by atoms with Crippen LogP contribution in [0.4, 0.5) is 5.69 Å². The number of carbonyl (C=O) groups excluding carboxylic acids is 1. The number of methoxy groups -OCH3 is 1. The van der Waals surface area contributed by atoms with Crippen LogP contribution in [0, 0.1) is 13.8 Å². The van der Waals surface area contributed by atoms with Crippen LogP contribution < -0.4 is 14.8 Å². The lowest BCUT2D eigenvalue weighted by molar-refractivity contribution is 0.102. The van der Waals surface area contributed by atoms with Crippen LogP contribution in [0.5, 0.6) is 17.2 Å². The standard InChI is InChI=1S/C24H28N2O5/c1-14-18(15(2)31-26-14)13-30-21-10-7-16(11-22(21)29-6)23(28)25-19-12-17(24(3,4)5)8-9-20(19)27/h7-12,27H,13H2,1-6H3,(H,25,28). The van der Waals surface area contributed by atoms with Gasteiger partial charge < -0.3 is 24.4 Å².